The topological polar surface area (TPSA) is 12.0 Å². The van der Waals surface area contributed by atoms with E-state index in [1.807, 2.05) is 11.3 Å². The summed E-state index contributed by atoms with van der Waals surface area (Å²) in [6.07, 6.45) is 4.24. The second-order valence-corrected chi connectivity index (χ2v) is 7.10. The van der Waals surface area contributed by atoms with Gasteiger partial charge < -0.3 is 5.32 Å². The highest BCUT2D eigenvalue weighted by atomic mass is 79.9. The largest absolute Gasteiger partial charge is 0.307 e. The monoisotopic (exact) mass is 287 g/mol. The van der Waals surface area contributed by atoms with Crippen LogP contribution in [-0.2, 0) is 0 Å². The van der Waals surface area contributed by atoms with Gasteiger partial charge >= 0.3 is 0 Å². The Kier molecular flexibility index (Phi) is 3.86. The Labute approximate surface area is 104 Å². The number of nitrogens with one attached hydrogen (secondary N) is 1. The van der Waals surface area contributed by atoms with Crippen molar-refractivity contribution in [1.29, 1.82) is 0 Å². The molecular formula is C12H18BrNS. The van der Waals surface area contributed by atoms with Crippen LogP contribution in [0.2, 0.25) is 0 Å². The smallest absolute Gasteiger partial charge is 0.0701 e. The third-order valence-electron chi connectivity index (χ3n) is 2.94. The molecule has 84 valence electrons. The summed E-state index contributed by atoms with van der Waals surface area (Å²) in [6.45, 7) is 4.55. The third kappa shape index (κ3) is 3.58. The van der Waals surface area contributed by atoms with Crippen molar-refractivity contribution >= 4 is 27.3 Å². The van der Waals surface area contributed by atoms with Crippen LogP contribution in [-0.4, -0.2) is 6.04 Å². The fourth-order valence-electron chi connectivity index (χ4n) is 1.99. The summed E-state index contributed by atoms with van der Waals surface area (Å²) in [4.78, 5) is 1.42. The molecule has 0 aliphatic heterocycles. The van der Waals surface area contributed by atoms with Crippen LogP contribution in [0.15, 0.2) is 15.9 Å². The Morgan fingerprint density at radius 1 is 1.47 bits per heavy atom. The van der Waals surface area contributed by atoms with E-state index in [0.717, 1.165) is 5.92 Å². The molecular weight excluding hydrogens is 270 g/mol. The number of hydrogen-bond acceptors (Lipinski definition) is 2. The molecule has 3 heteroatoms. The van der Waals surface area contributed by atoms with Gasteiger partial charge in [-0.05, 0) is 54.2 Å². The first-order valence-electron chi connectivity index (χ1n) is 5.66. The quantitative estimate of drug-likeness (QED) is 0.849. The molecule has 1 fully saturated rings. The summed E-state index contributed by atoms with van der Waals surface area (Å²) in [5.74, 6) is 1.01. The molecule has 2 rings (SSSR count). The van der Waals surface area contributed by atoms with Gasteiger partial charge in [-0.2, -0.15) is 0 Å². The van der Waals surface area contributed by atoms with Crippen molar-refractivity contribution in [2.24, 2.45) is 5.92 Å². The maximum atomic E-state index is 3.67. The van der Waals surface area contributed by atoms with E-state index in [1.165, 1.54) is 27.9 Å². The van der Waals surface area contributed by atoms with E-state index < -0.39 is 0 Å². The van der Waals surface area contributed by atoms with Crippen LogP contribution in [0.4, 0.5) is 0 Å². The van der Waals surface area contributed by atoms with E-state index in [0.29, 0.717) is 12.1 Å². The SMILES string of the molecule is CC(CC1CC1)NC(C)c1ccc(Br)s1. The van der Waals surface area contributed by atoms with Crippen molar-refractivity contribution in [2.45, 2.75) is 45.2 Å². The first-order chi connectivity index (χ1) is 7.15. The Morgan fingerprint density at radius 3 is 2.73 bits per heavy atom. The normalized spacial score (nSPS) is 20.2. The molecule has 1 aliphatic carbocycles. The summed E-state index contributed by atoms with van der Waals surface area (Å²) < 4.78 is 1.22. The molecule has 1 aliphatic rings. The maximum Gasteiger partial charge on any atom is 0.0701 e. The number of thiophene rings is 1. The van der Waals surface area contributed by atoms with Gasteiger partial charge in [-0.3, -0.25) is 0 Å². The highest BCUT2D eigenvalue weighted by Gasteiger charge is 2.24. The molecule has 1 aromatic heterocycles. The van der Waals surface area contributed by atoms with Gasteiger partial charge in [0.05, 0.1) is 3.79 Å². The van der Waals surface area contributed by atoms with Gasteiger partial charge in [0.15, 0.2) is 0 Å². The van der Waals surface area contributed by atoms with Crippen molar-refractivity contribution in [3.63, 3.8) is 0 Å². The van der Waals surface area contributed by atoms with Crippen LogP contribution >= 0.6 is 27.3 Å². The first-order valence-corrected chi connectivity index (χ1v) is 7.27. The summed E-state index contributed by atoms with van der Waals surface area (Å²) in [5, 5.41) is 3.67. The van der Waals surface area contributed by atoms with Crippen molar-refractivity contribution in [3.8, 4) is 0 Å². The number of hydrogen-bond donors (Lipinski definition) is 1. The molecule has 1 saturated carbocycles. The minimum Gasteiger partial charge on any atom is -0.307 e. The molecule has 0 saturated heterocycles. The Balaban J connectivity index is 1.82. The summed E-state index contributed by atoms with van der Waals surface area (Å²) in [7, 11) is 0. The van der Waals surface area contributed by atoms with Gasteiger partial charge in [0.1, 0.15) is 0 Å². The molecule has 2 unspecified atom stereocenters. The van der Waals surface area contributed by atoms with Crippen LogP contribution in [0.1, 0.15) is 44.0 Å². The average molecular weight is 288 g/mol. The predicted octanol–water partition coefficient (Wildman–Crippen LogP) is 4.35. The average Bonchev–Trinajstić information content (AvgIpc) is 2.85. The van der Waals surface area contributed by atoms with Crippen molar-refractivity contribution in [2.75, 3.05) is 0 Å². The minimum atomic E-state index is 0.482. The highest BCUT2D eigenvalue weighted by molar-refractivity contribution is 9.11. The molecule has 1 N–H and O–H groups in total. The van der Waals surface area contributed by atoms with Crippen LogP contribution in [0.3, 0.4) is 0 Å². The summed E-state index contributed by atoms with van der Waals surface area (Å²) >= 11 is 5.33. The van der Waals surface area contributed by atoms with E-state index in [9.17, 15) is 0 Å². The van der Waals surface area contributed by atoms with Crippen LogP contribution < -0.4 is 5.32 Å². The maximum absolute atomic E-state index is 3.67. The number of rotatable bonds is 5. The van der Waals surface area contributed by atoms with Gasteiger partial charge in [0, 0.05) is 17.0 Å². The Hall–Kier alpha value is 0.140. The zero-order valence-electron chi connectivity index (χ0n) is 9.29. The van der Waals surface area contributed by atoms with Gasteiger partial charge in [0.25, 0.3) is 0 Å². The third-order valence-corrected chi connectivity index (χ3v) is 4.75. The Bertz CT molecular complexity index is 319. The molecule has 0 spiro atoms. The van der Waals surface area contributed by atoms with Gasteiger partial charge in [-0.1, -0.05) is 12.8 Å². The fraction of sp³-hybridized carbons (Fsp3) is 0.667. The molecule has 0 amide bonds. The number of halogens is 1. The van der Waals surface area contributed by atoms with Gasteiger partial charge in [-0.25, -0.2) is 0 Å². The molecule has 1 heterocycles. The van der Waals surface area contributed by atoms with E-state index in [4.69, 9.17) is 0 Å². The minimum absolute atomic E-state index is 0.482. The summed E-state index contributed by atoms with van der Waals surface area (Å²) in [5.41, 5.74) is 0. The molecule has 1 aromatic rings. The second kappa shape index (κ2) is 4.98. The lowest BCUT2D eigenvalue weighted by molar-refractivity contribution is 0.442. The van der Waals surface area contributed by atoms with E-state index in [2.05, 4.69) is 47.2 Å². The predicted molar refractivity (Wildman–Crippen MR) is 70.4 cm³/mol. The van der Waals surface area contributed by atoms with Gasteiger partial charge in [-0.15, -0.1) is 11.3 Å². The summed E-state index contributed by atoms with van der Waals surface area (Å²) in [6, 6.07) is 5.46. The van der Waals surface area contributed by atoms with Crippen LogP contribution in [0.25, 0.3) is 0 Å². The van der Waals surface area contributed by atoms with Crippen molar-refractivity contribution in [1.82, 2.24) is 5.32 Å². The molecule has 0 radical (unpaired) electrons. The molecule has 2 atom stereocenters. The van der Waals surface area contributed by atoms with Gasteiger partial charge in [0.2, 0.25) is 0 Å². The van der Waals surface area contributed by atoms with E-state index >= 15 is 0 Å². The fourth-order valence-corrected chi connectivity index (χ4v) is 3.43. The first kappa shape index (κ1) is 11.6. The van der Waals surface area contributed by atoms with E-state index in [1.54, 1.807) is 0 Å². The zero-order valence-corrected chi connectivity index (χ0v) is 11.7. The lowest BCUT2D eigenvalue weighted by Gasteiger charge is -2.18. The molecule has 0 bridgehead atoms. The lowest BCUT2D eigenvalue weighted by atomic mass is 10.1. The van der Waals surface area contributed by atoms with E-state index in [-0.39, 0.29) is 0 Å². The molecule has 0 aromatic carbocycles. The molecule has 1 nitrogen and oxygen atoms in total. The second-order valence-electron chi connectivity index (χ2n) is 4.61. The molecule has 15 heavy (non-hydrogen) atoms. The standard InChI is InChI=1S/C12H18BrNS/c1-8(7-10-3-4-10)14-9(2)11-5-6-12(13)15-11/h5-6,8-10,14H,3-4,7H2,1-2H3. The Morgan fingerprint density at radius 2 is 2.20 bits per heavy atom. The van der Waals surface area contributed by atoms with Crippen LogP contribution in [0.5, 0.6) is 0 Å². The van der Waals surface area contributed by atoms with Crippen molar-refractivity contribution in [3.05, 3.63) is 20.8 Å². The lowest BCUT2D eigenvalue weighted by Crippen LogP contribution is -2.28. The zero-order chi connectivity index (χ0) is 10.8. The van der Waals surface area contributed by atoms with Crippen LogP contribution in [0, 0.1) is 5.92 Å². The highest BCUT2D eigenvalue weighted by Crippen LogP contribution is 2.34. The van der Waals surface area contributed by atoms with Crippen molar-refractivity contribution < 1.29 is 0 Å².